The Labute approximate surface area is 155 Å². The van der Waals surface area contributed by atoms with Crippen molar-refractivity contribution in [2.75, 3.05) is 7.11 Å². The normalized spacial score (nSPS) is 10.7. The van der Waals surface area contributed by atoms with E-state index in [1.54, 1.807) is 25.3 Å². The number of carbonyl (C=O) groups excluding carboxylic acids is 1. The maximum Gasteiger partial charge on any atom is 0.262 e. The second-order valence-electron chi connectivity index (χ2n) is 5.77. The molecule has 2 N–H and O–H groups in total. The predicted molar refractivity (Wildman–Crippen MR) is 103 cm³/mol. The highest BCUT2D eigenvalue weighted by atomic mass is 32.1. The number of aromatic amines is 1. The molecule has 0 fully saturated rings. The van der Waals surface area contributed by atoms with E-state index in [1.165, 1.54) is 4.57 Å². The monoisotopic (exact) mass is 369 g/mol. The average molecular weight is 369 g/mol. The second kappa shape index (κ2) is 7.53. The summed E-state index contributed by atoms with van der Waals surface area (Å²) >= 11 is 5.21. The first kappa shape index (κ1) is 17.9. The zero-order valence-corrected chi connectivity index (χ0v) is 15.4. The number of methoxy groups -OCH3 is 1. The number of benzene rings is 2. The van der Waals surface area contributed by atoms with Crippen LogP contribution in [0.5, 0.6) is 5.75 Å². The Bertz CT molecular complexity index is 1070. The minimum atomic E-state index is -0.221. The van der Waals surface area contributed by atoms with Gasteiger partial charge in [-0.25, -0.2) is 0 Å². The van der Waals surface area contributed by atoms with Gasteiger partial charge in [0.15, 0.2) is 4.77 Å². The van der Waals surface area contributed by atoms with Crippen LogP contribution in [0.3, 0.4) is 0 Å². The molecule has 2 aromatic carbocycles. The summed E-state index contributed by atoms with van der Waals surface area (Å²) in [7, 11) is 1.61. The van der Waals surface area contributed by atoms with Gasteiger partial charge in [-0.1, -0.05) is 12.1 Å². The Hall–Kier alpha value is -2.93. The molecular formula is C19H19N3O3S. The van der Waals surface area contributed by atoms with Gasteiger partial charge in [0.2, 0.25) is 0 Å². The number of H-pyrrole nitrogens is 1. The third-order valence-electron chi connectivity index (χ3n) is 4.17. The minimum Gasteiger partial charge on any atom is -0.497 e. The molecule has 3 aromatic rings. The van der Waals surface area contributed by atoms with Crippen LogP contribution in [0.4, 0.5) is 0 Å². The topological polar surface area (TPSA) is 76.1 Å². The molecule has 0 atom stereocenters. The van der Waals surface area contributed by atoms with Crippen molar-refractivity contribution in [1.29, 1.82) is 0 Å². The number of amides is 1. The fraction of sp³-hybridized carbons (Fsp3) is 0.211. The van der Waals surface area contributed by atoms with E-state index in [-0.39, 0.29) is 11.5 Å². The van der Waals surface area contributed by atoms with Crippen LogP contribution in [-0.2, 0) is 13.1 Å². The van der Waals surface area contributed by atoms with Crippen LogP contribution < -0.4 is 15.6 Å². The third kappa shape index (κ3) is 3.52. The molecule has 1 aromatic heterocycles. The first-order valence-electron chi connectivity index (χ1n) is 8.21. The van der Waals surface area contributed by atoms with E-state index < -0.39 is 0 Å². The highest BCUT2D eigenvalue weighted by molar-refractivity contribution is 7.71. The average Bonchev–Trinajstić information content (AvgIpc) is 2.66. The maximum absolute atomic E-state index is 12.4. The van der Waals surface area contributed by atoms with Gasteiger partial charge in [-0.2, -0.15) is 0 Å². The number of carbonyl (C=O) groups is 1. The van der Waals surface area contributed by atoms with Crippen LogP contribution in [0, 0.1) is 4.77 Å². The fourth-order valence-electron chi connectivity index (χ4n) is 2.71. The van der Waals surface area contributed by atoms with Crippen molar-refractivity contribution in [1.82, 2.24) is 14.9 Å². The Morgan fingerprint density at radius 3 is 2.62 bits per heavy atom. The van der Waals surface area contributed by atoms with Gasteiger partial charge in [0, 0.05) is 18.7 Å². The van der Waals surface area contributed by atoms with E-state index in [1.807, 2.05) is 31.2 Å². The van der Waals surface area contributed by atoms with Gasteiger partial charge < -0.3 is 15.0 Å². The smallest absolute Gasteiger partial charge is 0.262 e. The van der Waals surface area contributed by atoms with Crippen molar-refractivity contribution in [3.8, 4) is 5.75 Å². The molecule has 0 saturated carbocycles. The molecule has 3 rings (SSSR count). The van der Waals surface area contributed by atoms with Crippen LogP contribution in [0.2, 0.25) is 0 Å². The Morgan fingerprint density at radius 2 is 1.96 bits per heavy atom. The first-order chi connectivity index (χ1) is 12.5. The first-order valence-corrected chi connectivity index (χ1v) is 8.62. The molecule has 0 bridgehead atoms. The number of hydrogen-bond acceptors (Lipinski definition) is 4. The van der Waals surface area contributed by atoms with Crippen molar-refractivity contribution in [2.45, 2.75) is 20.0 Å². The van der Waals surface area contributed by atoms with Gasteiger partial charge in [0.05, 0.1) is 18.0 Å². The van der Waals surface area contributed by atoms with E-state index in [0.717, 1.165) is 11.3 Å². The summed E-state index contributed by atoms with van der Waals surface area (Å²) in [5.74, 6) is 0.546. The predicted octanol–water partition coefficient (Wildman–Crippen LogP) is 3.02. The Kier molecular flexibility index (Phi) is 5.18. The number of fused-ring (bicyclic) bond motifs is 1. The summed E-state index contributed by atoms with van der Waals surface area (Å²) in [5.41, 5.74) is 1.83. The summed E-state index contributed by atoms with van der Waals surface area (Å²) in [5, 5.41) is 3.37. The maximum atomic E-state index is 12.4. The zero-order chi connectivity index (χ0) is 18.7. The van der Waals surface area contributed by atoms with Gasteiger partial charge in [0.25, 0.3) is 11.5 Å². The molecule has 0 aliphatic carbocycles. The van der Waals surface area contributed by atoms with E-state index in [0.29, 0.717) is 34.3 Å². The van der Waals surface area contributed by atoms with Crippen LogP contribution >= 0.6 is 12.2 Å². The van der Waals surface area contributed by atoms with Crippen LogP contribution in [-0.4, -0.2) is 22.6 Å². The molecule has 1 heterocycles. The highest BCUT2D eigenvalue weighted by Gasteiger charge is 2.10. The number of nitrogens with zero attached hydrogens (tertiary/aromatic N) is 1. The number of rotatable bonds is 5. The van der Waals surface area contributed by atoms with Gasteiger partial charge in [-0.15, -0.1) is 0 Å². The molecule has 26 heavy (non-hydrogen) atoms. The highest BCUT2D eigenvalue weighted by Crippen LogP contribution is 2.13. The lowest BCUT2D eigenvalue weighted by atomic mass is 10.1. The Balaban J connectivity index is 1.82. The molecule has 6 nitrogen and oxygen atoms in total. The molecule has 0 aliphatic heterocycles. The van der Waals surface area contributed by atoms with Gasteiger partial charge in [-0.3, -0.25) is 14.2 Å². The van der Waals surface area contributed by atoms with E-state index >= 15 is 0 Å². The van der Waals surface area contributed by atoms with Crippen LogP contribution in [0.15, 0.2) is 47.3 Å². The lowest BCUT2D eigenvalue weighted by Gasteiger charge is -2.09. The largest absolute Gasteiger partial charge is 0.497 e. The van der Waals surface area contributed by atoms with E-state index in [4.69, 9.17) is 17.0 Å². The molecular weight excluding hydrogens is 350 g/mol. The third-order valence-corrected chi connectivity index (χ3v) is 4.49. The summed E-state index contributed by atoms with van der Waals surface area (Å²) in [6.45, 7) is 2.75. The van der Waals surface area contributed by atoms with Gasteiger partial charge in [-0.05, 0) is 55.0 Å². The van der Waals surface area contributed by atoms with Crippen LogP contribution in [0.25, 0.3) is 10.9 Å². The number of hydrogen-bond donors (Lipinski definition) is 2. The van der Waals surface area contributed by atoms with Crippen molar-refractivity contribution < 1.29 is 9.53 Å². The van der Waals surface area contributed by atoms with Gasteiger partial charge in [0.1, 0.15) is 5.75 Å². The molecule has 0 spiro atoms. The lowest BCUT2D eigenvalue weighted by Crippen LogP contribution is -2.24. The van der Waals surface area contributed by atoms with Gasteiger partial charge >= 0.3 is 0 Å². The van der Waals surface area contributed by atoms with Crippen molar-refractivity contribution in [3.63, 3.8) is 0 Å². The number of nitrogens with one attached hydrogen (secondary N) is 2. The Morgan fingerprint density at radius 1 is 1.23 bits per heavy atom. The van der Waals surface area contributed by atoms with Crippen molar-refractivity contribution in [2.24, 2.45) is 0 Å². The molecule has 0 saturated heterocycles. The summed E-state index contributed by atoms with van der Waals surface area (Å²) in [6, 6.07) is 12.4. The van der Waals surface area contributed by atoms with E-state index in [9.17, 15) is 9.59 Å². The van der Waals surface area contributed by atoms with Crippen molar-refractivity contribution in [3.05, 3.63) is 68.7 Å². The van der Waals surface area contributed by atoms with Crippen molar-refractivity contribution >= 4 is 29.0 Å². The lowest BCUT2D eigenvalue weighted by molar-refractivity contribution is 0.0951. The SMILES string of the molecule is CCn1c(=S)[nH]c2cc(C(=O)NCc3ccc(OC)cc3)ccc2c1=O. The molecule has 0 radical (unpaired) electrons. The fourth-order valence-corrected chi connectivity index (χ4v) is 3.03. The standard InChI is InChI=1S/C19H19N3O3S/c1-3-22-18(24)15-9-6-13(10-16(15)21-19(22)26)17(23)20-11-12-4-7-14(25-2)8-5-12/h4-10H,3,11H2,1-2H3,(H,20,23)(H,21,26). The molecule has 0 aliphatic rings. The summed E-state index contributed by atoms with van der Waals surface area (Å²) in [6.07, 6.45) is 0. The summed E-state index contributed by atoms with van der Waals surface area (Å²) < 4.78 is 6.95. The molecule has 1 amide bonds. The number of aromatic nitrogens is 2. The molecule has 7 heteroatoms. The molecule has 134 valence electrons. The van der Waals surface area contributed by atoms with Crippen LogP contribution in [0.1, 0.15) is 22.8 Å². The minimum absolute atomic E-state index is 0.156. The van der Waals surface area contributed by atoms with E-state index in [2.05, 4.69) is 10.3 Å². The zero-order valence-electron chi connectivity index (χ0n) is 14.5. The number of ether oxygens (including phenoxy) is 1. The quantitative estimate of drug-likeness (QED) is 0.678. The molecule has 0 unspecified atom stereocenters. The summed E-state index contributed by atoms with van der Waals surface area (Å²) in [4.78, 5) is 27.8. The second-order valence-corrected chi connectivity index (χ2v) is 6.16.